The minimum absolute atomic E-state index is 0.153. The van der Waals surface area contributed by atoms with Crippen LogP contribution in [0.4, 0.5) is 24.8 Å². The molecule has 1 saturated carbocycles. The van der Waals surface area contributed by atoms with Gasteiger partial charge in [-0.25, -0.2) is 18.4 Å². The van der Waals surface area contributed by atoms with Gasteiger partial charge in [0.25, 0.3) is 0 Å². The molecule has 0 aromatic carbocycles. The Labute approximate surface area is 199 Å². The predicted octanol–water partition coefficient (Wildman–Crippen LogP) is 3.14. The van der Waals surface area contributed by atoms with E-state index in [1.165, 1.54) is 23.6 Å². The van der Waals surface area contributed by atoms with Crippen LogP contribution in [0.5, 0.6) is 0 Å². The number of morpholine rings is 1. The molecule has 4 rings (SSSR count). The van der Waals surface area contributed by atoms with Crippen molar-refractivity contribution in [2.24, 2.45) is 5.41 Å². The lowest BCUT2D eigenvalue weighted by Gasteiger charge is -2.46. The van der Waals surface area contributed by atoms with Gasteiger partial charge in [-0.1, -0.05) is 19.3 Å². The SMILES string of the molecule is CN(C[C@H]1CN(S(C)(=O)=O)CCO1)c1cc(N2CCCC3(CCCCC3)C2)nc(C(F)(F)F)n1. The maximum atomic E-state index is 13.7. The molecule has 3 aliphatic rings. The van der Waals surface area contributed by atoms with Crippen molar-refractivity contribution in [3.63, 3.8) is 0 Å². The third-order valence-corrected chi connectivity index (χ3v) is 8.56. The summed E-state index contributed by atoms with van der Waals surface area (Å²) in [6.07, 6.45) is 3.85. The molecule has 0 N–H and O–H groups in total. The number of ether oxygens (including phenoxy) is 1. The van der Waals surface area contributed by atoms with E-state index in [1.807, 2.05) is 4.90 Å². The molecule has 1 atom stereocenters. The smallest absolute Gasteiger partial charge is 0.374 e. The number of piperidine rings is 1. The van der Waals surface area contributed by atoms with Gasteiger partial charge in [0.1, 0.15) is 11.6 Å². The normalized spacial score (nSPS) is 24.4. The van der Waals surface area contributed by atoms with Crippen LogP contribution in [0.15, 0.2) is 6.07 Å². The summed E-state index contributed by atoms with van der Waals surface area (Å²) in [4.78, 5) is 11.3. The number of hydrogen-bond acceptors (Lipinski definition) is 7. The van der Waals surface area contributed by atoms with Gasteiger partial charge in [-0.2, -0.15) is 17.5 Å². The summed E-state index contributed by atoms with van der Waals surface area (Å²) in [7, 11) is -1.72. The summed E-state index contributed by atoms with van der Waals surface area (Å²) in [5.74, 6) is -0.700. The minimum atomic E-state index is -4.67. The lowest BCUT2D eigenvalue weighted by molar-refractivity contribution is -0.144. The van der Waals surface area contributed by atoms with Crippen LogP contribution in [0, 0.1) is 5.41 Å². The van der Waals surface area contributed by atoms with Gasteiger partial charge in [-0.15, -0.1) is 0 Å². The molecule has 0 unspecified atom stereocenters. The molecule has 1 aromatic rings. The molecule has 34 heavy (non-hydrogen) atoms. The largest absolute Gasteiger partial charge is 0.451 e. The Balaban J connectivity index is 1.56. The number of aromatic nitrogens is 2. The van der Waals surface area contributed by atoms with Crippen LogP contribution in [0.25, 0.3) is 0 Å². The summed E-state index contributed by atoms with van der Waals surface area (Å²) in [6.45, 7) is 2.27. The first-order valence-corrected chi connectivity index (χ1v) is 13.8. The molecular weight excluding hydrogens is 471 g/mol. The third-order valence-electron chi connectivity index (χ3n) is 7.29. The summed E-state index contributed by atoms with van der Waals surface area (Å²) in [5.41, 5.74) is 0.164. The van der Waals surface area contributed by atoms with Crippen LogP contribution in [0.1, 0.15) is 50.8 Å². The van der Waals surface area contributed by atoms with E-state index in [0.29, 0.717) is 12.4 Å². The molecule has 1 aromatic heterocycles. The van der Waals surface area contributed by atoms with Crippen molar-refractivity contribution in [3.8, 4) is 0 Å². The molecule has 2 saturated heterocycles. The van der Waals surface area contributed by atoms with Gasteiger partial charge in [-0.3, -0.25) is 0 Å². The van der Waals surface area contributed by atoms with Crippen molar-refractivity contribution >= 4 is 21.7 Å². The zero-order valence-electron chi connectivity index (χ0n) is 19.9. The van der Waals surface area contributed by atoms with E-state index in [2.05, 4.69) is 9.97 Å². The lowest BCUT2D eigenvalue weighted by atomic mass is 9.69. The number of alkyl halides is 3. The van der Waals surface area contributed by atoms with Crippen LogP contribution in [-0.2, 0) is 20.9 Å². The summed E-state index contributed by atoms with van der Waals surface area (Å²) in [5, 5.41) is 0. The Morgan fingerprint density at radius 3 is 2.53 bits per heavy atom. The van der Waals surface area contributed by atoms with Crippen molar-refractivity contribution in [1.82, 2.24) is 14.3 Å². The fraction of sp³-hybridized carbons (Fsp3) is 0.818. The molecule has 0 bridgehead atoms. The average molecular weight is 506 g/mol. The van der Waals surface area contributed by atoms with E-state index in [9.17, 15) is 21.6 Å². The molecule has 0 amide bonds. The van der Waals surface area contributed by atoms with Crippen LogP contribution in [0.3, 0.4) is 0 Å². The van der Waals surface area contributed by atoms with E-state index in [1.54, 1.807) is 18.0 Å². The van der Waals surface area contributed by atoms with E-state index >= 15 is 0 Å². The molecule has 192 valence electrons. The molecule has 0 radical (unpaired) electrons. The van der Waals surface area contributed by atoms with Crippen LogP contribution in [0.2, 0.25) is 0 Å². The number of nitrogens with zero attached hydrogens (tertiary/aromatic N) is 5. The Bertz CT molecular complexity index is 964. The monoisotopic (exact) mass is 505 g/mol. The number of anilines is 2. The molecule has 8 nitrogen and oxygen atoms in total. The van der Waals surface area contributed by atoms with Gasteiger partial charge in [0.05, 0.1) is 19.0 Å². The Hall–Kier alpha value is -1.66. The Kier molecular flexibility index (Phi) is 7.31. The average Bonchev–Trinajstić information content (AvgIpc) is 2.78. The van der Waals surface area contributed by atoms with Crippen molar-refractivity contribution in [2.75, 3.05) is 62.4 Å². The molecule has 1 spiro atoms. The number of sulfonamides is 1. The summed E-state index contributed by atoms with van der Waals surface area (Å²) in [6, 6.07) is 1.62. The predicted molar refractivity (Wildman–Crippen MR) is 123 cm³/mol. The maximum absolute atomic E-state index is 13.7. The summed E-state index contributed by atoms with van der Waals surface area (Å²) >= 11 is 0. The second-order valence-electron chi connectivity index (χ2n) is 9.99. The van der Waals surface area contributed by atoms with Gasteiger partial charge in [-0.05, 0) is 31.1 Å². The standard InChI is InChI=1S/C22H34F3N5O3S/c1-28(14-17-15-30(11-12-33-17)34(2,31)32)18-13-19(27-20(26-18)22(23,24)25)29-10-6-9-21(16-29)7-4-3-5-8-21/h13,17H,3-12,14-16H2,1-2H3/t17-/m0/s1. The van der Waals surface area contributed by atoms with Crippen molar-refractivity contribution in [1.29, 1.82) is 0 Å². The minimum Gasteiger partial charge on any atom is -0.374 e. The van der Waals surface area contributed by atoms with E-state index in [4.69, 9.17) is 4.74 Å². The number of halogens is 3. The van der Waals surface area contributed by atoms with Crippen molar-refractivity contribution < 1.29 is 26.3 Å². The van der Waals surface area contributed by atoms with E-state index in [0.717, 1.165) is 38.5 Å². The molecular formula is C22H34F3N5O3S. The highest BCUT2D eigenvalue weighted by Gasteiger charge is 2.39. The first-order chi connectivity index (χ1) is 16.0. The fourth-order valence-corrected chi connectivity index (χ4v) is 6.37. The van der Waals surface area contributed by atoms with Crippen LogP contribution < -0.4 is 9.80 Å². The van der Waals surface area contributed by atoms with Crippen molar-refractivity contribution in [2.45, 2.75) is 57.2 Å². The van der Waals surface area contributed by atoms with Gasteiger partial charge < -0.3 is 14.5 Å². The quantitative estimate of drug-likeness (QED) is 0.608. The first kappa shape index (κ1) is 25.4. The highest BCUT2D eigenvalue weighted by molar-refractivity contribution is 7.88. The number of rotatable bonds is 5. The molecule has 3 heterocycles. The zero-order chi connectivity index (χ0) is 24.6. The first-order valence-electron chi connectivity index (χ1n) is 11.9. The number of hydrogen-bond donors (Lipinski definition) is 0. The van der Waals surface area contributed by atoms with E-state index in [-0.39, 0.29) is 37.5 Å². The third kappa shape index (κ3) is 5.93. The van der Waals surface area contributed by atoms with E-state index < -0.39 is 28.1 Å². The second-order valence-corrected chi connectivity index (χ2v) is 12.0. The van der Waals surface area contributed by atoms with Crippen molar-refractivity contribution in [3.05, 3.63) is 11.9 Å². The van der Waals surface area contributed by atoms with Gasteiger partial charge in [0.2, 0.25) is 15.8 Å². The molecule has 3 fully saturated rings. The number of likely N-dealkylation sites (N-methyl/N-ethyl adjacent to an activating group) is 1. The van der Waals surface area contributed by atoms with Gasteiger partial charge in [0, 0.05) is 45.8 Å². The summed E-state index contributed by atoms with van der Waals surface area (Å²) < 4.78 is 71.9. The molecule has 12 heteroatoms. The second kappa shape index (κ2) is 9.77. The topological polar surface area (TPSA) is 78.9 Å². The maximum Gasteiger partial charge on any atom is 0.451 e. The highest BCUT2D eigenvalue weighted by Crippen LogP contribution is 2.44. The van der Waals surface area contributed by atoms with Crippen LogP contribution >= 0.6 is 0 Å². The molecule has 2 aliphatic heterocycles. The van der Waals surface area contributed by atoms with Gasteiger partial charge in [0.15, 0.2) is 0 Å². The Morgan fingerprint density at radius 2 is 1.85 bits per heavy atom. The lowest BCUT2D eigenvalue weighted by Crippen LogP contribution is -2.49. The van der Waals surface area contributed by atoms with Gasteiger partial charge >= 0.3 is 6.18 Å². The van der Waals surface area contributed by atoms with Crippen LogP contribution in [-0.4, -0.2) is 81.4 Å². The zero-order valence-corrected chi connectivity index (χ0v) is 20.7. The Morgan fingerprint density at radius 1 is 1.15 bits per heavy atom. The highest BCUT2D eigenvalue weighted by atomic mass is 32.2. The molecule has 1 aliphatic carbocycles. The fourth-order valence-electron chi connectivity index (χ4n) is 5.52.